The van der Waals surface area contributed by atoms with Crippen LogP contribution in [0.4, 0.5) is 5.82 Å². The van der Waals surface area contributed by atoms with Gasteiger partial charge >= 0.3 is 0 Å². The number of piperazine rings is 1. The van der Waals surface area contributed by atoms with E-state index >= 15 is 0 Å². The maximum absolute atomic E-state index is 12.9. The van der Waals surface area contributed by atoms with Crippen molar-refractivity contribution in [1.82, 2.24) is 24.7 Å². The Morgan fingerprint density at radius 3 is 2.59 bits per heavy atom. The Morgan fingerprint density at radius 2 is 1.93 bits per heavy atom. The third-order valence-corrected chi connectivity index (χ3v) is 5.32. The van der Waals surface area contributed by atoms with E-state index in [0.29, 0.717) is 32.6 Å². The first kappa shape index (κ1) is 19.5. The summed E-state index contributed by atoms with van der Waals surface area (Å²) in [4.78, 5) is 42.1. The minimum absolute atomic E-state index is 0.0968. The van der Waals surface area contributed by atoms with E-state index in [0.717, 1.165) is 36.8 Å². The summed E-state index contributed by atoms with van der Waals surface area (Å²) in [6.45, 7) is 8.78. The van der Waals surface area contributed by atoms with Crippen molar-refractivity contribution in [3.05, 3.63) is 17.6 Å². The standard InChI is InChI=1S/C19H30N6O2/c1-14-12-20-15(2)18(21-14)23-7-9-24(10-8-23)19(27)16-11-17(26)25(13-16)6-5-22(3)4/h12,16H,5-11,13H2,1-4H3/t16-/m1/s1. The van der Waals surface area contributed by atoms with Crippen molar-refractivity contribution in [1.29, 1.82) is 0 Å². The number of aromatic nitrogens is 2. The van der Waals surface area contributed by atoms with Crippen molar-refractivity contribution in [2.24, 2.45) is 5.92 Å². The van der Waals surface area contributed by atoms with E-state index in [1.54, 1.807) is 6.20 Å². The molecule has 2 fully saturated rings. The van der Waals surface area contributed by atoms with E-state index in [1.807, 2.05) is 37.7 Å². The van der Waals surface area contributed by atoms with Crippen LogP contribution in [0.3, 0.4) is 0 Å². The summed E-state index contributed by atoms with van der Waals surface area (Å²) in [5.74, 6) is 0.918. The lowest BCUT2D eigenvalue weighted by molar-refractivity contribution is -0.136. The molecule has 0 unspecified atom stereocenters. The molecule has 0 bridgehead atoms. The smallest absolute Gasteiger partial charge is 0.228 e. The molecular formula is C19H30N6O2. The van der Waals surface area contributed by atoms with Gasteiger partial charge in [0.25, 0.3) is 0 Å². The first-order valence-electron chi connectivity index (χ1n) is 9.61. The number of carbonyl (C=O) groups is 2. The van der Waals surface area contributed by atoms with Gasteiger partial charge in [0.2, 0.25) is 11.8 Å². The fraction of sp³-hybridized carbons (Fsp3) is 0.684. The highest BCUT2D eigenvalue weighted by Crippen LogP contribution is 2.22. The molecule has 2 amide bonds. The van der Waals surface area contributed by atoms with Gasteiger partial charge in [0.05, 0.1) is 17.3 Å². The Morgan fingerprint density at radius 1 is 1.22 bits per heavy atom. The van der Waals surface area contributed by atoms with Gasteiger partial charge in [-0.2, -0.15) is 0 Å². The second-order valence-electron chi connectivity index (χ2n) is 7.78. The molecule has 0 aliphatic carbocycles. The number of hydrogen-bond donors (Lipinski definition) is 0. The maximum Gasteiger partial charge on any atom is 0.228 e. The van der Waals surface area contributed by atoms with Crippen LogP contribution in [0.2, 0.25) is 0 Å². The first-order valence-corrected chi connectivity index (χ1v) is 9.61. The van der Waals surface area contributed by atoms with E-state index in [9.17, 15) is 9.59 Å². The van der Waals surface area contributed by atoms with Crippen LogP contribution in [-0.2, 0) is 9.59 Å². The topological polar surface area (TPSA) is 72.9 Å². The number of rotatable bonds is 5. The van der Waals surface area contributed by atoms with Crippen LogP contribution in [0, 0.1) is 19.8 Å². The average Bonchev–Trinajstić information content (AvgIpc) is 3.02. The zero-order valence-corrected chi connectivity index (χ0v) is 16.8. The van der Waals surface area contributed by atoms with Gasteiger partial charge in [0.1, 0.15) is 5.82 Å². The van der Waals surface area contributed by atoms with Gasteiger partial charge in [0, 0.05) is 58.4 Å². The molecule has 1 atom stereocenters. The quantitative estimate of drug-likeness (QED) is 0.731. The molecule has 3 rings (SSSR count). The second-order valence-corrected chi connectivity index (χ2v) is 7.78. The lowest BCUT2D eigenvalue weighted by atomic mass is 10.1. The lowest BCUT2D eigenvalue weighted by Gasteiger charge is -2.36. The van der Waals surface area contributed by atoms with Crippen molar-refractivity contribution in [2.45, 2.75) is 20.3 Å². The van der Waals surface area contributed by atoms with Crippen molar-refractivity contribution < 1.29 is 9.59 Å². The highest BCUT2D eigenvalue weighted by molar-refractivity contribution is 5.89. The molecule has 2 aliphatic rings. The van der Waals surface area contributed by atoms with Gasteiger partial charge in [-0.15, -0.1) is 0 Å². The van der Waals surface area contributed by atoms with Gasteiger partial charge in [-0.1, -0.05) is 0 Å². The van der Waals surface area contributed by atoms with Gasteiger partial charge in [-0.3, -0.25) is 14.6 Å². The Kier molecular flexibility index (Phi) is 5.94. The summed E-state index contributed by atoms with van der Waals surface area (Å²) in [5, 5.41) is 0. The van der Waals surface area contributed by atoms with Crippen LogP contribution in [0.25, 0.3) is 0 Å². The third-order valence-electron chi connectivity index (χ3n) is 5.32. The fourth-order valence-corrected chi connectivity index (χ4v) is 3.70. The van der Waals surface area contributed by atoms with Gasteiger partial charge in [-0.05, 0) is 27.9 Å². The molecule has 1 aromatic heterocycles. The highest BCUT2D eigenvalue weighted by atomic mass is 16.2. The van der Waals surface area contributed by atoms with Crippen LogP contribution >= 0.6 is 0 Å². The number of nitrogens with zero attached hydrogens (tertiary/aromatic N) is 6. The molecule has 1 aromatic rings. The van der Waals surface area contributed by atoms with Crippen LogP contribution in [0.15, 0.2) is 6.20 Å². The molecule has 3 heterocycles. The van der Waals surface area contributed by atoms with E-state index in [4.69, 9.17) is 0 Å². The van der Waals surface area contributed by atoms with E-state index in [2.05, 4.69) is 19.8 Å². The molecule has 0 N–H and O–H groups in total. The molecule has 2 aliphatic heterocycles. The molecule has 8 heteroatoms. The van der Waals surface area contributed by atoms with E-state index in [1.165, 1.54) is 0 Å². The van der Waals surface area contributed by atoms with E-state index in [-0.39, 0.29) is 17.7 Å². The number of hydrogen-bond acceptors (Lipinski definition) is 6. The second kappa shape index (κ2) is 8.21. The Labute approximate surface area is 161 Å². The van der Waals surface area contributed by atoms with Crippen molar-refractivity contribution in [3.8, 4) is 0 Å². The molecule has 27 heavy (non-hydrogen) atoms. The third kappa shape index (κ3) is 4.55. The number of likely N-dealkylation sites (tertiary alicyclic amines) is 1. The van der Waals surface area contributed by atoms with Crippen LogP contribution in [-0.4, -0.2) is 96.4 Å². The molecule has 0 aromatic carbocycles. The van der Waals surface area contributed by atoms with Crippen LogP contribution in [0.1, 0.15) is 17.8 Å². The molecule has 0 saturated carbocycles. The molecule has 8 nitrogen and oxygen atoms in total. The summed E-state index contributed by atoms with van der Waals surface area (Å²) in [6.07, 6.45) is 2.12. The zero-order chi connectivity index (χ0) is 19.6. The molecular weight excluding hydrogens is 344 g/mol. The van der Waals surface area contributed by atoms with Gasteiger partial charge in [0.15, 0.2) is 0 Å². The highest BCUT2D eigenvalue weighted by Gasteiger charge is 2.37. The SMILES string of the molecule is Cc1cnc(C)c(N2CCN(C(=O)[C@@H]3CC(=O)N(CCN(C)C)C3)CC2)n1. The number of likely N-dealkylation sites (N-methyl/N-ethyl adjacent to an activating group) is 1. The fourth-order valence-electron chi connectivity index (χ4n) is 3.70. The van der Waals surface area contributed by atoms with Crippen molar-refractivity contribution in [3.63, 3.8) is 0 Å². The molecule has 0 spiro atoms. The van der Waals surface area contributed by atoms with E-state index < -0.39 is 0 Å². The molecule has 2 saturated heterocycles. The summed E-state index contributed by atoms with van der Waals surface area (Å²) < 4.78 is 0. The first-order chi connectivity index (χ1) is 12.8. The Balaban J connectivity index is 1.54. The number of amides is 2. The number of anilines is 1. The van der Waals surface area contributed by atoms with Gasteiger partial charge < -0.3 is 19.6 Å². The minimum Gasteiger partial charge on any atom is -0.352 e. The average molecular weight is 374 g/mol. The normalized spacial score (nSPS) is 20.7. The monoisotopic (exact) mass is 374 g/mol. The maximum atomic E-state index is 12.9. The Hall–Kier alpha value is -2.22. The largest absolute Gasteiger partial charge is 0.352 e. The molecule has 0 radical (unpaired) electrons. The van der Waals surface area contributed by atoms with Crippen LogP contribution < -0.4 is 4.90 Å². The summed E-state index contributed by atoms with van der Waals surface area (Å²) in [7, 11) is 3.98. The van der Waals surface area contributed by atoms with Crippen molar-refractivity contribution in [2.75, 3.05) is 64.8 Å². The zero-order valence-electron chi connectivity index (χ0n) is 16.8. The van der Waals surface area contributed by atoms with Gasteiger partial charge in [-0.25, -0.2) is 4.98 Å². The van der Waals surface area contributed by atoms with Crippen molar-refractivity contribution >= 4 is 17.6 Å². The summed E-state index contributed by atoms with van der Waals surface area (Å²) in [5.41, 5.74) is 1.81. The molecule has 148 valence electrons. The predicted octanol–water partition coefficient (Wildman–Crippen LogP) is 0.152. The lowest BCUT2D eigenvalue weighted by Crippen LogP contribution is -2.51. The predicted molar refractivity (Wildman–Crippen MR) is 104 cm³/mol. The summed E-state index contributed by atoms with van der Waals surface area (Å²) >= 11 is 0. The number of carbonyl (C=O) groups excluding carboxylic acids is 2. The van der Waals surface area contributed by atoms with Crippen LogP contribution in [0.5, 0.6) is 0 Å². The number of aryl methyl sites for hydroxylation is 2. The Bertz CT molecular complexity index is 699. The summed E-state index contributed by atoms with van der Waals surface area (Å²) in [6, 6.07) is 0. The minimum atomic E-state index is -0.202.